The van der Waals surface area contributed by atoms with Crippen LogP contribution >= 0.6 is 0 Å². The van der Waals surface area contributed by atoms with Gasteiger partial charge in [0.25, 0.3) is 0 Å². The third-order valence-corrected chi connectivity index (χ3v) is 1.37. The highest BCUT2D eigenvalue weighted by Crippen LogP contribution is 2.26. The highest BCUT2D eigenvalue weighted by atomic mass is 19.2. The topological polar surface area (TPSA) is 9.23 Å². The lowest BCUT2D eigenvalue weighted by Crippen LogP contribution is -2.03. The van der Waals surface area contributed by atoms with Gasteiger partial charge < -0.3 is 4.74 Å². The van der Waals surface area contributed by atoms with Crippen LogP contribution in [-0.4, -0.2) is 6.61 Å². The second-order valence-corrected chi connectivity index (χ2v) is 2.29. The summed E-state index contributed by atoms with van der Waals surface area (Å²) >= 11 is 0. The third-order valence-electron chi connectivity index (χ3n) is 1.37. The summed E-state index contributed by atoms with van der Waals surface area (Å²) in [5, 5.41) is 0. The van der Waals surface area contributed by atoms with Gasteiger partial charge in [-0.3, -0.25) is 0 Å². The van der Waals surface area contributed by atoms with Crippen molar-refractivity contribution in [3.8, 4) is 18.1 Å². The molecule has 0 saturated heterocycles. The van der Waals surface area contributed by atoms with Crippen LogP contribution in [0.4, 0.5) is 17.6 Å². The van der Waals surface area contributed by atoms with Crippen molar-refractivity contribution < 1.29 is 22.3 Å². The van der Waals surface area contributed by atoms with Crippen molar-refractivity contribution in [2.75, 3.05) is 6.61 Å². The smallest absolute Gasteiger partial charge is 0.203 e. The highest BCUT2D eigenvalue weighted by Gasteiger charge is 2.19. The minimum absolute atomic E-state index is 0.0907. The summed E-state index contributed by atoms with van der Waals surface area (Å²) in [5.41, 5.74) is 0. The molecule has 0 saturated carbocycles. The standard InChI is InChI=1S/C9H4F4O/c1-2-3-14-9-7(12)5(10)4-6(11)8(9)13/h1,4H,3H2. The molecule has 74 valence electrons. The van der Waals surface area contributed by atoms with Crippen LogP contribution in [0.5, 0.6) is 5.75 Å². The Labute approximate surface area is 77.3 Å². The molecule has 0 fully saturated rings. The summed E-state index contributed by atoms with van der Waals surface area (Å²) in [7, 11) is 0. The lowest BCUT2D eigenvalue weighted by molar-refractivity contribution is 0.306. The van der Waals surface area contributed by atoms with Gasteiger partial charge in [-0.1, -0.05) is 5.92 Å². The summed E-state index contributed by atoms with van der Waals surface area (Å²) in [6, 6.07) is 0.0907. The first-order chi connectivity index (χ1) is 6.57. The van der Waals surface area contributed by atoms with Crippen LogP contribution in [0.25, 0.3) is 0 Å². The number of halogens is 4. The van der Waals surface area contributed by atoms with Gasteiger partial charge in [-0.2, -0.15) is 8.78 Å². The Balaban J connectivity index is 3.19. The molecule has 0 aliphatic heterocycles. The number of ether oxygens (including phenoxy) is 1. The normalized spacial score (nSPS) is 9.64. The van der Waals surface area contributed by atoms with Crippen LogP contribution in [0.1, 0.15) is 0 Å². The van der Waals surface area contributed by atoms with Gasteiger partial charge in [-0.05, 0) is 0 Å². The van der Waals surface area contributed by atoms with E-state index in [1.54, 1.807) is 0 Å². The maximum absolute atomic E-state index is 12.8. The zero-order valence-corrected chi connectivity index (χ0v) is 6.78. The number of hydrogen-bond acceptors (Lipinski definition) is 1. The van der Waals surface area contributed by atoms with Gasteiger partial charge in [-0.25, -0.2) is 8.78 Å². The molecule has 0 heterocycles. The minimum Gasteiger partial charge on any atom is -0.475 e. The van der Waals surface area contributed by atoms with Crippen molar-refractivity contribution in [2.24, 2.45) is 0 Å². The molecule has 0 spiro atoms. The van der Waals surface area contributed by atoms with E-state index < -0.39 is 35.6 Å². The first-order valence-corrected chi connectivity index (χ1v) is 3.47. The van der Waals surface area contributed by atoms with Gasteiger partial charge in [0.05, 0.1) is 0 Å². The van der Waals surface area contributed by atoms with Crippen LogP contribution in [0.2, 0.25) is 0 Å². The molecule has 0 atom stereocenters. The molecule has 1 aromatic rings. The fourth-order valence-corrected chi connectivity index (χ4v) is 0.792. The Morgan fingerprint density at radius 3 is 2.07 bits per heavy atom. The van der Waals surface area contributed by atoms with Crippen molar-refractivity contribution in [3.05, 3.63) is 29.3 Å². The number of rotatable bonds is 2. The Morgan fingerprint density at radius 1 is 1.14 bits per heavy atom. The zero-order chi connectivity index (χ0) is 10.7. The van der Waals surface area contributed by atoms with Crippen molar-refractivity contribution in [2.45, 2.75) is 0 Å². The van der Waals surface area contributed by atoms with Crippen LogP contribution in [0.3, 0.4) is 0 Å². The van der Waals surface area contributed by atoms with Gasteiger partial charge in [0, 0.05) is 6.07 Å². The Bertz CT molecular complexity index is 369. The largest absolute Gasteiger partial charge is 0.475 e. The Hall–Kier alpha value is -1.70. The molecule has 0 aliphatic rings. The van der Waals surface area contributed by atoms with E-state index in [9.17, 15) is 17.6 Å². The SMILES string of the molecule is C#CCOc1c(F)c(F)cc(F)c1F. The Morgan fingerprint density at radius 2 is 1.64 bits per heavy atom. The van der Waals surface area contributed by atoms with Crippen molar-refractivity contribution in [1.82, 2.24) is 0 Å². The summed E-state index contributed by atoms with van der Waals surface area (Å²) < 4.78 is 55.0. The Kier molecular flexibility index (Phi) is 2.97. The average Bonchev–Trinajstić information content (AvgIpc) is 2.15. The molecular formula is C9H4F4O. The van der Waals surface area contributed by atoms with Gasteiger partial charge >= 0.3 is 0 Å². The van der Waals surface area contributed by atoms with Gasteiger partial charge in [-0.15, -0.1) is 6.42 Å². The van der Waals surface area contributed by atoms with Crippen LogP contribution in [-0.2, 0) is 0 Å². The van der Waals surface area contributed by atoms with Gasteiger partial charge in [0.2, 0.25) is 11.6 Å². The first-order valence-electron chi connectivity index (χ1n) is 3.47. The average molecular weight is 204 g/mol. The summed E-state index contributed by atoms with van der Waals surface area (Å²) in [6.45, 7) is -0.475. The summed E-state index contributed by atoms with van der Waals surface area (Å²) in [6.07, 6.45) is 4.75. The van der Waals surface area contributed by atoms with Gasteiger partial charge in [0.15, 0.2) is 17.4 Å². The number of hydrogen-bond donors (Lipinski definition) is 0. The molecule has 1 rings (SSSR count). The maximum atomic E-state index is 12.8. The van der Waals surface area contributed by atoms with E-state index in [1.807, 2.05) is 5.92 Å². The number of terminal acetylenes is 1. The first kappa shape index (κ1) is 10.4. The quantitative estimate of drug-likeness (QED) is 0.408. The summed E-state index contributed by atoms with van der Waals surface area (Å²) in [4.78, 5) is 0. The maximum Gasteiger partial charge on any atom is 0.203 e. The fraction of sp³-hybridized carbons (Fsp3) is 0.111. The van der Waals surface area contributed by atoms with Gasteiger partial charge in [0.1, 0.15) is 6.61 Å². The van der Waals surface area contributed by atoms with E-state index in [-0.39, 0.29) is 6.07 Å². The van der Waals surface area contributed by atoms with Crippen LogP contribution in [0.15, 0.2) is 6.07 Å². The van der Waals surface area contributed by atoms with E-state index in [0.717, 1.165) is 0 Å². The minimum atomic E-state index is -1.60. The van der Waals surface area contributed by atoms with Crippen molar-refractivity contribution >= 4 is 0 Å². The van der Waals surface area contributed by atoms with E-state index in [1.165, 1.54) is 0 Å². The van der Waals surface area contributed by atoms with E-state index in [4.69, 9.17) is 6.42 Å². The monoisotopic (exact) mass is 204 g/mol. The zero-order valence-electron chi connectivity index (χ0n) is 6.78. The molecule has 0 N–H and O–H groups in total. The number of benzene rings is 1. The molecule has 5 heteroatoms. The molecule has 0 amide bonds. The lowest BCUT2D eigenvalue weighted by atomic mass is 10.3. The molecule has 0 unspecified atom stereocenters. The molecule has 0 radical (unpaired) electrons. The van der Waals surface area contributed by atoms with E-state index in [0.29, 0.717) is 0 Å². The molecule has 0 aromatic heterocycles. The third kappa shape index (κ3) is 1.79. The fourth-order valence-electron chi connectivity index (χ4n) is 0.792. The highest BCUT2D eigenvalue weighted by molar-refractivity contribution is 5.28. The van der Waals surface area contributed by atoms with Crippen LogP contribution in [0, 0.1) is 35.6 Å². The molecule has 0 bridgehead atoms. The van der Waals surface area contributed by atoms with Crippen molar-refractivity contribution in [1.29, 1.82) is 0 Å². The molecule has 1 aromatic carbocycles. The summed E-state index contributed by atoms with van der Waals surface area (Å²) in [5.74, 6) is -5.49. The molecular weight excluding hydrogens is 200 g/mol. The van der Waals surface area contributed by atoms with E-state index in [2.05, 4.69) is 4.74 Å². The lowest BCUT2D eigenvalue weighted by Gasteiger charge is -2.06. The predicted octanol–water partition coefficient (Wildman–Crippen LogP) is 2.25. The molecule has 0 aliphatic carbocycles. The molecule has 14 heavy (non-hydrogen) atoms. The van der Waals surface area contributed by atoms with Crippen molar-refractivity contribution in [3.63, 3.8) is 0 Å². The second kappa shape index (κ2) is 4.01. The van der Waals surface area contributed by atoms with E-state index >= 15 is 0 Å². The predicted molar refractivity (Wildman–Crippen MR) is 40.6 cm³/mol. The second-order valence-electron chi connectivity index (χ2n) is 2.29. The van der Waals surface area contributed by atoms with Crippen LogP contribution < -0.4 is 4.74 Å². The molecule has 1 nitrogen and oxygen atoms in total.